The number of carboxylic acids is 1. The number of aliphatic carboxylic acids is 1. The summed E-state index contributed by atoms with van der Waals surface area (Å²) in [6.07, 6.45) is -11.9. The molecule has 3 fully saturated rings. The number of carboxylic acid groups (broad SMARTS) is 1. The number of ketones is 1. The molecule has 68 heavy (non-hydrogen) atoms. The van der Waals surface area contributed by atoms with Gasteiger partial charge in [-0.3, -0.25) is 24.0 Å². The number of aliphatic hydroxyl groups excluding tert-OH is 2. The fourth-order valence-corrected chi connectivity index (χ4v) is 10.7. The summed E-state index contributed by atoms with van der Waals surface area (Å²) in [7, 11) is 0. The summed E-state index contributed by atoms with van der Waals surface area (Å²) < 4.78 is 30.4. The third-order valence-electron chi connectivity index (χ3n) is 14.6. The van der Waals surface area contributed by atoms with Gasteiger partial charge in [0.2, 0.25) is 6.10 Å². The van der Waals surface area contributed by atoms with Crippen molar-refractivity contribution in [2.75, 3.05) is 6.61 Å². The van der Waals surface area contributed by atoms with E-state index in [2.05, 4.69) is 5.32 Å². The van der Waals surface area contributed by atoms with E-state index >= 15 is 9.59 Å². The van der Waals surface area contributed by atoms with Gasteiger partial charge in [0.25, 0.3) is 5.91 Å². The number of rotatable bonds is 13. The number of esters is 4. The molecular formula is C51H57NO16. The van der Waals surface area contributed by atoms with Crippen molar-refractivity contribution < 1.29 is 77.7 Å². The SMILES string of the molecule is CC(=O)O[C@@]12CO[C@@H]1C[C@H](O)[C@@]1(C)C(=O)[C@H](O)C3=C(C)[C@@H](OC(=O)[C@H](OC(=O)CC(C)(C)C(=O)O)[C@@H](NC(=O)c4ccccc4)c4ccccc4)C[C@@](O)([C@@H](OC(=O)c4ccccc4)C12)C3(C)C. The smallest absolute Gasteiger partial charge is 0.350 e. The topological polar surface area (TPSA) is 259 Å². The fourth-order valence-electron chi connectivity index (χ4n) is 10.7. The number of hydrogen-bond donors (Lipinski definition) is 5. The lowest BCUT2D eigenvalue weighted by Crippen LogP contribution is -2.81. The summed E-state index contributed by atoms with van der Waals surface area (Å²) in [6.45, 7) is 9.21. The molecule has 1 heterocycles. The molecule has 2 bridgehead atoms. The third-order valence-corrected chi connectivity index (χ3v) is 14.6. The first-order chi connectivity index (χ1) is 31.9. The van der Waals surface area contributed by atoms with Crippen molar-refractivity contribution in [1.29, 1.82) is 0 Å². The number of Topliss-reactive ketones (excluding diaryl/α,β-unsaturated/α-hetero) is 1. The Morgan fingerprint density at radius 3 is 1.99 bits per heavy atom. The first kappa shape index (κ1) is 49.6. The zero-order valence-electron chi connectivity index (χ0n) is 38.8. The molecule has 3 aromatic carbocycles. The van der Waals surface area contributed by atoms with E-state index in [0.717, 1.165) is 6.92 Å². The molecule has 1 unspecified atom stereocenters. The molecule has 0 radical (unpaired) electrons. The highest BCUT2D eigenvalue weighted by atomic mass is 16.6. The predicted octanol–water partition coefficient (Wildman–Crippen LogP) is 4.22. The molecule has 4 aliphatic rings. The van der Waals surface area contributed by atoms with Crippen molar-refractivity contribution in [3.63, 3.8) is 0 Å². The van der Waals surface area contributed by atoms with Crippen LogP contribution in [0.25, 0.3) is 0 Å². The second-order valence-electron chi connectivity index (χ2n) is 19.6. The molecule has 17 nitrogen and oxygen atoms in total. The van der Waals surface area contributed by atoms with Gasteiger partial charge < -0.3 is 49.4 Å². The van der Waals surface area contributed by atoms with Crippen molar-refractivity contribution in [1.82, 2.24) is 5.32 Å². The van der Waals surface area contributed by atoms with E-state index in [1.165, 1.54) is 65.8 Å². The van der Waals surface area contributed by atoms with Gasteiger partial charge in [-0.15, -0.1) is 0 Å². The Labute approximate surface area is 392 Å². The number of carbonyl (C=O) groups is 7. The lowest BCUT2D eigenvalue weighted by atomic mass is 9.44. The molecule has 5 N–H and O–H groups in total. The number of benzene rings is 3. The van der Waals surface area contributed by atoms with E-state index < -0.39 is 130 Å². The van der Waals surface area contributed by atoms with Crippen molar-refractivity contribution in [2.24, 2.45) is 22.2 Å². The summed E-state index contributed by atoms with van der Waals surface area (Å²) in [6, 6.07) is 22.2. The van der Waals surface area contributed by atoms with Crippen molar-refractivity contribution >= 4 is 41.5 Å². The minimum atomic E-state index is -2.47. The van der Waals surface area contributed by atoms with Gasteiger partial charge in [0.05, 0.1) is 41.4 Å². The Morgan fingerprint density at radius 1 is 0.868 bits per heavy atom. The van der Waals surface area contributed by atoms with Crippen molar-refractivity contribution in [3.8, 4) is 0 Å². The molecule has 362 valence electrons. The van der Waals surface area contributed by atoms with E-state index in [1.54, 1.807) is 66.7 Å². The highest BCUT2D eigenvalue weighted by Gasteiger charge is 2.78. The van der Waals surface area contributed by atoms with Gasteiger partial charge >= 0.3 is 29.8 Å². The van der Waals surface area contributed by atoms with Gasteiger partial charge in [0.15, 0.2) is 11.4 Å². The lowest BCUT2D eigenvalue weighted by molar-refractivity contribution is -0.346. The van der Waals surface area contributed by atoms with E-state index in [9.17, 15) is 44.4 Å². The Morgan fingerprint density at radius 2 is 1.44 bits per heavy atom. The lowest BCUT2D eigenvalue weighted by Gasteiger charge is -2.67. The average molecular weight is 940 g/mol. The minimum Gasteiger partial charge on any atom is -0.481 e. The number of carbonyl (C=O) groups excluding carboxylic acids is 6. The maximum atomic E-state index is 15.2. The molecular weight excluding hydrogens is 883 g/mol. The largest absolute Gasteiger partial charge is 0.481 e. The maximum absolute atomic E-state index is 15.2. The number of aliphatic hydroxyl groups is 3. The molecule has 17 heteroatoms. The highest BCUT2D eigenvalue weighted by molar-refractivity contribution is 5.96. The zero-order chi connectivity index (χ0) is 49.7. The highest BCUT2D eigenvalue weighted by Crippen LogP contribution is 2.64. The normalized spacial score (nSPS) is 30.3. The summed E-state index contributed by atoms with van der Waals surface area (Å²) >= 11 is 0. The second-order valence-corrected chi connectivity index (χ2v) is 19.6. The van der Waals surface area contributed by atoms with E-state index in [4.69, 9.17) is 23.7 Å². The third kappa shape index (κ3) is 8.50. The van der Waals surface area contributed by atoms with Gasteiger partial charge in [0.1, 0.15) is 36.1 Å². The zero-order valence-corrected chi connectivity index (χ0v) is 38.8. The predicted molar refractivity (Wildman–Crippen MR) is 238 cm³/mol. The molecule has 1 saturated heterocycles. The minimum absolute atomic E-state index is 0.0364. The molecule has 11 atom stereocenters. The summed E-state index contributed by atoms with van der Waals surface area (Å²) in [5.41, 5.74) is -9.33. The molecule has 1 amide bonds. The number of amides is 1. The Bertz CT molecular complexity index is 2510. The van der Waals surface area contributed by atoms with E-state index in [-0.39, 0.29) is 40.9 Å². The Hall–Kier alpha value is -6.27. The van der Waals surface area contributed by atoms with Gasteiger partial charge in [0, 0.05) is 30.7 Å². The van der Waals surface area contributed by atoms with E-state index in [0.29, 0.717) is 0 Å². The molecule has 3 aromatic rings. The molecule has 1 aliphatic heterocycles. The number of ether oxygens (including phenoxy) is 5. The molecule has 0 aromatic heterocycles. The standard InChI is InChI=1S/C51H57NO16/c1-27-32(65-45(60)39(66-35(55)25-47(3,4)46(61)62)37(29-17-11-8-12-18-29)52-43(58)30-19-13-9-14-20-30)24-51(63)42(67-44(59)31-21-15-10-16-22-31)40-49(7,41(57)38(56)36(27)48(51,5)6)33(54)23-34-50(40,26-64-34)68-28(2)53/h8-22,32-34,37-40,42,54,56,63H,23-26H2,1-7H3,(H,52,58)(H,61,62)/t32-,33-,34+,37-,38+,39+,40?,42-,49+,50-,51+/m0/s1. The van der Waals surface area contributed by atoms with Crippen LogP contribution in [0.5, 0.6) is 0 Å². The monoisotopic (exact) mass is 939 g/mol. The van der Waals surface area contributed by atoms with Crippen molar-refractivity contribution in [3.05, 3.63) is 119 Å². The van der Waals surface area contributed by atoms with Crippen LogP contribution in [0.3, 0.4) is 0 Å². The Balaban J connectivity index is 1.39. The van der Waals surface area contributed by atoms with Crippen LogP contribution < -0.4 is 5.32 Å². The fraction of sp³-hybridized carbons (Fsp3) is 0.471. The van der Waals surface area contributed by atoms with Gasteiger partial charge in [-0.05, 0) is 68.7 Å². The van der Waals surface area contributed by atoms with Crippen LogP contribution in [0.15, 0.2) is 102 Å². The van der Waals surface area contributed by atoms with E-state index in [1.807, 2.05) is 0 Å². The van der Waals surface area contributed by atoms with Crippen LogP contribution in [0, 0.1) is 22.2 Å². The van der Waals surface area contributed by atoms with Gasteiger partial charge in [-0.25, -0.2) is 9.59 Å². The molecule has 0 spiro atoms. The first-order valence-corrected chi connectivity index (χ1v) is 22.4. The summed E-state index contributed by atoms with van der Waals surface area (Å²) in [4.78, 5) is 97.3. The number of fused-ring (bicyclic) bond motifs is 5. The van der Waals surface area contributed by atoms with Gasteiger partial charge in [-0.2, -0.15) is 0 Å². The second kappa shape index (κ2) is 18.3. The van der Waals surface area contributed by atoms with Crippen LogP contribution in [0.4, 0.5) is 0 Å². The molecule has 2 saturated carbocycles. The first-order valence-electron chi connectivity index (χ1n) is 22.4. The van der Waals surface area contributed by atoms with Crippen LogP contribution in [0.1, 0.15) is 100 Å². The van der Waals surface area contributed by atoms with Gasteiger partial charge in [-0.1, -0.05) is 80.6 Å². The maximum Gasteiger partial charge on any atom is 0.350 e. The van der Waals surface area contributed by atoms with Crippen LogP contribution >= 0.6 is 0 Å². The van der Waals surface area contributed by atoms with Crippen molar-refractivity contribution in [2.45, 2.75) is 122 Å². The molecule has 3 aliphatic carbocycles. The Kier molecular flexibility index (Phi) is 13.4. The summed E-state index contributed by atoms with van der Waals surface area (Å²) in [5, 5.41) is 50.7. The van der Waals surface area contributed by atoms with Crippen LogP contribution in [0.2, 0.25) is 0 Å². The quantitative estimate of drug-likeness (QED) is 0.0913. The molecule has 7 rings (SSSR count). The number of nitrogens with one attached hydrogen (secondary N) is 1. The summed E-state index contributed by atoms with van der Waals surface area (Å²) in [5.74, 6) is -8.80. The number of hydrogen-bond acceptors (Lipinski definition) is 15. The average Bonchev–Trinajstić information content (AvgIpc) is 3.29. The van der Waals surface area contributed by atoms with Crippen LogP contribution in [-0.4, -0.2) is 116 Å². The van der Waals surface area contributed by atoms with Crippen LogP contribution in [-0.2, 0) is 47.7 Å².